The zero-order valence-electron chi connectivity index (χ0n) is 24.2. The molecule has 0 spiro atoms. The first-order chi connectivity index (χ1) is 21.8. The zero-order valence-corrected chi connectivity index (χ0v) is 24.2. The molecule has 5 aromatic heterocycles. The summed E-state index contributed by atoms with van der Waals surface area (Å²) < 4.78 is 51.6. The monoisotopic (exact) mass is 604 g/mol. The fourth-order valence-electron chi connectivity index (χ4n) is 4.43. The van der Waals surface area contributed by atoms with E-state index in [0.717, 1.165) is 0 Å². The van der Waals surface area contributed by atoms with Crippen LogP contribution in [0, 0.1) is 0 Å². The minimum absolute atomic E-state index is 0.232. The van der Waals surface area contributed by atoms with Gasteiger partial charge in [-0.05, 0) is 66.7 Å². The molecule has 0 N–H and O–H groups in total. The fourth-order valence-corrected chi connectivity index (χ4v) is 4.43. The van der Waals surface area contributed by atoms with Gasteiger partial charge in [-0.3, -0.25) is 0 Å². The van der Waals surface area contributed by atoms with E-state index >= 15 is 0 Å². The summed E-state index contributed by atoms with van der Waals surface area (Å²) in [6, 6.07) is 17.5. The predicted octanol–water partition coefficient (Wildman–Crippen LogP) is 10.3. The molecule has 0 fully saturated rings. The van der Waals surface area contributed by atoms with Crippen molar-refractivity contribution in [2.45, 2.75) is 12.5 Å². The van der Waals surface area contributed by atoms with Crippen LogP contribution in [-0.4, -0.2) is 0 Å². The van der Waals surface area contributed by atoms with Gasteiger partial charge in [0.1, 0.15) is 5.76 Å². The van der Waals surface area contributed by atoms with Crippen LogP contribution in [0.3, 0.4) is 0 Å². The summed E-state index contributed by atoms with van der Waals surface area (Å²) in [6.07, 6.45) is 4.98. The van der Waals surface area contributed by atoms with Gasteiger partial charge >= 0.3 is 0 Å². The molecule has 45 heavy (non-hydrogen) atoms. The molecule has 9 nitrogen and oxygen atoms in total. The van der Waals surface area contributed by atoms with Crippen molar-refractivity contribution in [3.63, 3.8) is 0 Å². The Morgan fingerprint density at radius 3 is 1.91 bits per heavy atom. The van der Waals surface area contributed by atoms with E-state index in [1.54, 1.807) is 60.9 Å². The largest absolute Gasteiger partial charge is 0.479 e. The van der Waals surface area contributed by atoms with Crippen LogP contribution in [0.15, 0.2) is 141 Å². The molecule has 0 amide bonds. The Morgan fingerprint density at radius 1 is 0.622 bits per heavy atom. The Bertz CT molecular complexity index is 1950. The summed E-state index contributed by atoms with van der Waals surface area (Å²) >= 11 is 0. The van der Waals surface area contributed by atoms with Crippen LogP contribution in [0.1, 0.15) is 52.8 Å². The summed E-state index contributed by atoms with van der Waals surface area (Å²) in [6.45, 7) is 22.9. The Labute approximate surface area is 258 Å². The topological polar surface area (TPSA) is 103 Å². The van der Waals surface area contributed by atoms with Crippen molar-refractivity contribution in [3.8, 4) is 11.5 Å². The van der Waals surface area contributed by atoms with Gasteiger partial charge in [0, 0.05) is 6.42 Å². The molecule has 0 aliphatic carbocycles. The predicted molar refractivity (Wildman–Crippen MR) is 168 cm³/mol. The first kappa shape index (κ1) is 28.9. The molecule has 0 aromatic carbocycles. The minimum atomic E-state index is -0.343. The van der Waals surface area contributed by atoms with Crippen LogP contribution in [0.5, 0.6) is 0 Å². The number of rotatable bonds is 14. The molecule has 0 bridgehead atoms. The van der Waals surface area contributed by atoms with E-state index in [-0.39, 0.29) is 17.6 Å². The highest BCUT2D eigenvalue weighted by molar-refractivity contribution is 5.67. The van der Waals surface area contributed by atoms with E-state index in [4.69, 9.17) is 41.0 Å². The molecule has 6 heterocycles. The maximum absolute atomic E-state index is 6.14. The second-order valence-electron chi connectivity index (χ2n) is 9.69. The van der Waals surface area contributed by atoms with Gasteiger partial charge < -0.3 is 41.0 Å². The lowest BCUT2D eigenvalue weighted by atomic mass is 10.2. The molecule has 6 rings (SSSR count). The normalized spacial score (nSPS) is 13.9. The summed E-state index contributed by atoms with van der Waals surface area (Å²) in [4.78, 5) is 0. The molecule has 1 aliphatic rings. The fraction of sp³-hybridized carbons (Fsp3) is 0.0556. The maximum atomic E-state index is 6.14. The number of hydrogen-bond donors (Lipinski definition) is 0. The average molecular weight is 605 g/mol. The van der Waals surface area contributed by atoms with Crippen molar-refractivity contribution >= 4 is 34.6 Å². The van der Waals surface area contributed by atoms with Crippen LogP contribution in [0.4, 0.5) is 0 Å². The molecule has 0 saturated heterocycles. The zero-order chi connectivity index (χ0) is 31.5. The van der Waals surface area contributed by atoms with Crippen LogP contribution < -0.4 is 0 Å². The number of hydrogen-bond acceptors (Lipinski definition) is 9. The first-order valence-electron chi connectivity index (χ1n) is 13.7. The lowest BCUT2D eigenvalue weighted by Crippen LogP contribution is -1.95. The number of furan rings is 5. The van der Waals surface area contributed by atoms with Gasteiger partial charge in [0.05, 0.1) is 12.5 Å². The van der Waals surface area contributed by atoms with Gasteiger partial charge in [-0.2, -0.15) is 0 Å². The Morgan fingerprint density at radius 2 is 1.20 bits per heavy atom. The van der Waals surface area contributed by atoms with Gasteiger partial charge in [-0.1, -0.05) is 39.5 Å². The third-order valence-corrected chi connectivity index (χ3v) is 6.65. The van der Waals surface area contributed by atoms with Gasteiger partial charge in [0.25, 0.3) is 0 Å². The van der Waals surface area contributed by atoms with Gasteiger partial charge in [0.2, 0.25) is 0 Å². The standard InChI is InChI=1S/C36H28O9/c1-7-37-21(2)27-10-11-28(41-27)23(4)40-25(6)30-13-15-32(43-30)34-17-19-36(45-34)35-18-16-33(44-35)31-14-12-29(42-31)24(5)39-22(3)26-9-8-20-38-26/h7-15,17-20,33H,1-6,16H2. The van der Waals surface area contributed by atoms with Crippen LogP contribution >= 0.6 is 0 Å². The number of ether oxygens (including phenoxy) is 4. The van der Waals surface area contributed by atoms with E-state index < -0.39 is 0 Å². The lowest BCUT2D eigenvalue weighted by Gasteiger charge is -2.10. The Balaban J connectivity index is 1.04. The second-order valence-corrected chi connectivity index (χ2v) is 9.69. The van der Waals surface area contributed by atoms with Crippen molar-refractivity contribution < 1.29 is 41.0 Å². The van der Waals surface area contributed by atoms with Gasteiger partial charge in [-0.15, -0.1) is 0 Å². The first-order valence-corrected chi connectivity index (χ1v) is 13.7. The maximum Gasteiger partial charge on any atom is 0.170 e. The molecule has 0 radical (unpaired) electrons. The minimum Gasteiger partial charge on any atom is -0.479 e. The molecule has 1 unspecified atom stereocenters. The summed E-state index contributed by atoms with van der Waals surface area (Å²) in [5, 5.41) is 0. The Hall–Kier alpha value is -6.22. The lowest BCUT2D eigenvalue weighted by molar-refractivity contribution is 0.161. The third kappa shape index (κ3) is 6.14. The van der Waals surface area contributed by atoms with Crippen molar-refractivity contribution in [3.05, 3.63) is 159 Å². The van der Waals surface area contributed by atoms with E-state index in [1.807, 2.05) is 12.1 Å². The van der Waals surface area contributed by atoms with Gasteiger partial charge in [-0.25, -0.2) is 0 Å². The molecule has 1 aliphatic heterocycles. The molecule has 226 valence electrons. The highest BCUT2D eigenvalue weighted by atomic mass is 16.5. The molecule has 1 atom stereocenters. The quantitative estimate of drug-likeness (QED) is 0.115. The van der Waals surface area contributed by atoms with Crippen LogP contribution in [0.25, 0.3) is 46.1 Å². The van der Waals surface area contributed by atoms with E-state index in [1.165, 1.54) is 6.26 Å². The molecule has 0 saturated carbocycles. The summed E-state index contributed by atoms with van der Waals surface area (Å²) in [5.41, 5.74) is 0. The van der Waals surface area contributed by atoms with Crippen molar-refractivity contribution in [1.82, 2.24) is 0 Å². The molecule has 5 aromatic rings. The van der Waals surface area contributed by atoms with Crippen molar-refractivity contribution in [2.75, 3.05) is 0 Å². The van der Waals surface area contributed by atoms with Crippen LogP contribution in [-0.2, 0) is 18.9 Å². The summed E-state index contributed by atoms with van der Waals surface area (Å²) in [7, 11) is 0. The highest BCUT2D eigenvalue weighted by Crippen LogP contribution is 2.39. The highest BCUT2D eigenvalue weighted by Gasteiger charge is 2.27. The average Bonchev–Trinajstić information content (AvgIpc) is 3.88. The van der Waals surface area contributed by atoms with Gasteiger partial charge in [0.15, 0.2) is 86.7 Å². The SMILES string of the molecule is C=COC(=C)c1ccc(C(=C)OC(=C)c2ccc(-c3ccc(C4=CCC(c5ccc(C(=C)OC(=C)c6ccco6)o5)O4)o3)o2)o1. The van der Waals surface area contributed by atoms with E-state index in [0.29, 0.717) is 81.3 Å². The van der Waals surface area contributed by atoms with E-state index in [2.05, 4.69) is 39.5 Å². The molecule has 9 heteroatoms. The Kier molecular flexibility index (Phi) is 7.82. The molecular formula is C36H28O9. The van der Waals surface area contributed by atoms with E-state index in [9.17, 15) is 0 Å². The van der Waals surface area contributed by atoms with Crippen molar-refractivity contribution in [1.29, 1.82) is 0 Å². The third-order valence-electron chi connectivity index (χ3n) is 6.65. The molecular weight excluding hydrogens is 576 g/mol. The van der Waals surface area contributed by atoms with Crippen molar-refractivity contribution in [2.24, 2.45) is 0 Å². The summed E-state index contributed by atoms with van der Waals surface area (Å²) in [5.74, 6) is 6.26. The second kappa shape index (κ2) is 12.2. The van der Waals surface area contributed by atoms with Crippen LogP contribution in [0.2, 0.25) is 0 Å². The smallest absolute Gasteiger partial charge is 0.170 e.